The first-order chi connectivity index (χ1) is 14.6. The van der Waals surface area contributed by atoms with Crippen molar-refractivity contribution in [2.24, 2.45) is 0 Å². The summed E-state index contributed by atoms with van der Waals surface area (Å²) in [5.74, 6) is 2.05. The molecule has 0 spiro atoms. The molecule has 0 saturated carbocycles. The van der Waals surface area contributed by atoms with E-state index in [4.69, 9.17) is 9.47 Å². The predicted molar refractivity (Wildman–Crippen MR) is 120 cm³/mol. The molecule has 4 aromatic rings. The summed E-state index contributed by atoms with van der Waals surface area (Å²) >= 11 is 0. The minimum absolute atomic E-state index is 0.368. The third kappa shape index (κ3) is 2.43. The predicted octanol–water partition coefficient (Wildman–Crippen LogP) is 6.54. The lowest BCUT2D eigenvalue weighted by Crippen LogP contribution is -2.28. The minimum Gasteiger partial charge on any atom is -0.482 e. The molecule has 0 radical (unpaired) electrons. The second-order valence-electron chi connectivity index (χ2n) is 8.91. The summed E-state index contributed by atoms with van der Waals surface area (Å²) in [7, 11) is 0. The minimum atomic E-state index is -0.368. The van der Waals surface area contributed by atoms with Gasteiger partial charge in [0.2, 0.25) is 0 Å². The second-order valence-corrected chi connectivity index (χ2v) is 8.91. The van der Waals surface area contributed by atoms with Gasteiger partial charge in [-0.3, -0.25) is 0 Å². The molecule has 2 heterocycles. The van der Waals surface area contributed by atoms with Crippen molar-refractivity contribution in [2.75, 3.05) is 0 Å². The molecule has 148 valence electrons. The van der Waals surface area contributed by atoms with Gasteiger partial charge >= 0.3 is 0 Å². The smallest absolute Gasteiger partial charge is 0.135 e. The van der Waals surface area contributed by atoms with E-state index in [9.17, 15) is 0 Å². The van der Waals surface area contributed by atoms with E-state index in [0.717, 1.165) is 35.1 Å². The van der Waals surface area contributed by atoms with Gasteiger partial charge in [-0.1, -0.05) is 84.9 Å². The number of ether oxygens (including phenoxy) is 2. The van der Waals surface area contributed by atoms with Gasteiger partial charge in [-0.2, -0.15) is 0 Å². The highest BCUT2D eigenvalue weighted by atomic mass is 16.5. The Kier molecular flexibility index (Phi) is 3.59. The van der Waals surface area contributed by atoms with E-state index >= 15 is 0 Å². The fourth-order valence-corrected chi connectivity index (χ4v) is 5.19. The summed E-state index contributed by atoms with van der Waals surface area (Å²) < 4.78 is 13.5. The summed E-state index contributed by atoms with van der Waals surface area (Å²) in [6, 6.07) is 29.6. The SMILES string of the molecule is C[C@@]1(c2ccccc2)Cc2c3c(c4ccccc4c2O1)O[C@](C)(c1ccccc1)C3. The van der Waals surface area contributed by atoms with Crippen LogP contribution in [-0.4, -0.2) is 0 Å². The van der Waals surface area contributed by atoms with Crippen LogP contribution in [0, 0.1) is 0 Å². The van der Waals surface area contributed by atoms with Crippen LogP contribution in [-0.2, 0) is 24.0 Å². The molecule has 2 heteroatoms. The molecule has 6 rings (SSSR count). The van der Waals surface area contributed by atoms with Gasteiger partial charge in [0.15, 0.2) is 0 Å². The van der Waals surface area contributed by atoms with Gasteiger partial charge in [-0.25, -0.2) is 0 Å². The Bertz CT molecular complexity index is 1160. The summed E-state index contributed by atoms with van der Waals surface area (Å²) in [5, 5.41) is 2.28. The number of hydrogen-bond donors (Lipinski definition) is 0. The topological polar surface area (TPSA) is 18.5 Å². The van der Waals surface area contributed by atoms with Crippen molar-refractivity contribution < 1.29 is 9.47 Å². The van der Waals surface area contributed by atoms with Crippen LogP contribution in [0.3, 0.4) is 0 Å². The molecule has 2 aliphatic rings. The van der Waals surface area contributed by atoms with Gasteiger partial charge in [0.25, 0.3) is 0 Å². The molecule has 0 unspecified atom stereocenters. The largest absolute Gasteiger partial charge is 0.482 e. The normalized spacial score (nSPS) is 24.2. The molecule has 30 heavy (non-hydrogen) atoms. The molecule has 0 bridgehead atoms. The van der Waals surface area contributed by atoms with Crippen LogP contribution >= 0.6 is 0 Å². The Labute approximate surface area is 177 Å². The first kappa shape index (κ1) is 17.6. The molecule has 2 nitrogen and oxygen atoms in total. The first-order valence-electron chi connectivity index (χ1n) is 10.6. The number of benzene rings is 4. The highest BCUT2D eigenvalue weighted by molar-refractivity contribution is 5.97. The molecule has 0 aromatic heterocycles. The monoisotopic (exact) mass is 392 g/mol. The molecular weight excluding hydrogens is 368 g/mol. The standard InChI is InChI=1S/C28H24O2/c1-27(19-11-5-3-6-12-19)17-23-24-18-28(2,20-13-7-4-8-14-20)30-26(24)22-16-10-9-15-21(22)25(23)29-27/h3-16H,17-18H2,1-2H3/t27-,28-/m0/s1. The van der Waals surface area contributed by atoms with Crippen molar-refractivity contribution in [3.63, 3.8) is 0 Å². The Morgan fingerprint density at radius 1 is 0.533 bits per heavy atom. The van der Waals surface area contributed by atoms with Crippen LogP contribution in [0.25, 0.3) is 10.8 Å². The summed E-state index contributed by atoms with van der Waals surface area (Å²) in [6.45, 7) is 4.41. The maximum Gasteiger partial charge on any atom is 0.135 e. The molecule has 0 amide bonds. The van der Waals surface area contributed by atoms with Crippen molar-refractivity contribution in [3.05, 3.63) is 107 Å². The van der Waals surface area contributed by atoms with Crippen LogP contribution in [0.4, 0.5) is 0 Å². The van der Waals surface area contributed by atoms with Gasteiger partial charge < -0.3 is 9.47 Å². The fourth-order valence-electron chi connectivity index (χ4n) is 5.19. The zero-order chi connectivity index (χ0) is 20.3. The Balaban J connectivity index is 1.54. The second kappa shape index (κ2) is 6.12. The van der Waals surface area contributed by atoms with Gasteiger partial charge in [-0.05, 0) is 25.0 Å². The highest BCUT2D eigenvalue weighted by Gasteiger charge is 2.45. The summed E-state index contributed by atoms with van der Waals surface area (Å²) in [5.41, 5.74) is 4.29. The van der Waals surface area contributed by atoms with Gasteiger partial charge in [-0.15, -0.1) is 0 Å². The van der Waals surface area contributed by atoms with Crippen molar-refractivity contribution in [3.8, 4) is 11.5 Å². The number of fused-ring (bicyclic) bond motifs is 6. The fraction of sp³-hybridized carbons (Fsp3) is 0.214. The Hall–Kier alpha value is -3.26. The third-order valence-corrected chi connectivity index (χ3v) is 6.78. The lowest BCUT2D eigenvalue weighted by atomic mass is 9.85. The third-order valence-electron chi connectivity index (χ3n) is 6.78. The average molecular weight is 392 g/mol. The first-order valence-corrected chi connectivity index (χ1v) is 10.6. The Morgan fingerprint density at radius 3 is 1.30 bits per heavy atom. The summed E-state index contributed by atoms with van der Waals surface area (Å²) in [6.07, 6.45) is 1.71. The summed E-state index contributed by atoms with van der Waals surface area (Å²) in [4.78, 5) is 0. The van der Waals surface area contributed by atoms with Gasteiger partial charge in [0.05, 0.1) is 0 Å². The lowest BCUT2D eigenvalue weighted by molar-refractivity contribution is 0.115. The average Bonchev–Trinajstić information content (AvgIpc) is 3.34. The lowest BCUT2D eigenvalue weighted by Gasteiger charge is -2.25. The van der Waals surface area contributed by atoms with Crippen LogP contribution in [0.2, 0.25) is 0 Å². The molecule has 2 aliphatic heterocycles. The molecule has 0 aliphatic carbocycles. The van der Waals surface area contributed by atoms with E-state index in [1.165, 1.54) is 22.3 Å². The van der Waals surface area contributed by atoms with E-state index in [1.807, 2.05) is 0 Å². The quantitative estimate of drug-likeness (QED) is 0.386. The van der Waals surface area contributed by atoms with Crippen LogP contribution < -0.4 is 9.47 Å². The van der Waals surface area contributed by atoms with Gasteiger partial charge in [0, 0.05) is 34.7 Å². The van der Waals surface area contributed by atoms with Crippen molar-refractivity contribution in [1.82, 2.24) is 0 Å². The van der Waals surface area contributed by atoms with Crippen LogP contribution in [0.15, 0.2) is 84.9 Å². The molecule has 4 aromatic carbocycles. The van der Waals surface area contributed by atoms with Crippen molar-refractivity contribution in [1.29, 1.82) is 0 Å². The van der Waals surface area contributed by atoms with E-state index in [-0.39, 0.29) is 11.2 Å². The molecule has 0 N–H and O–H groups in total. The number of hydrogen-bond acceptors (Lipinski definition) is 2. The maximum absolute atomic E-state index is 6.74. The molecule has 2 atom stereocenters. The van der Waals surface area contributed by atoms with Crippen molar-refractivity contribution >= 4 is 10.8 Å². The van der Waals surface area contributed by atoms with E-state index in [2.05, 4.69) is 98.8 Å². The van der Waals surface area contributed by atoms with Crippen LogP contribution in [0.1, 0.15) is 36.1 Å². The zero-order valence-corrected chi connectivity index (χ0v) is 17.3. The molecule has 0 saturated heterocycles. The zero-order valence-electron chi connectivity index (χ0n) is 17.3. The van der Waals surface area contributed by atoms with E-state index < -0.39 is 0 Å². The molecular formula is C28H24O2. The van der Waals surface area contributed by atoms with Crippen LogP contribution in [0.5, 0.6) is 11.5 Å². The van der Waals surface area contributed by atoms with E-state index in [0.29, 0.717) is 0 Å². The molecule has 0 fully saturated rings. The van der Waals surface area contributed by atoms with Crippen molar-refractivity contribution in [2.45, 2.75) is 37.9 Å². The highest BCUT2D eigenvalue weighted by Crippen LogP contribution is 2.55. The Morgan fingerprint density at radius 2 is 0.900 bits per heavy atom. The van der Waals surface area contributed by atoms with E-state index in [1.54, 1.807) is 0 Å². The maximum atomic E-state index is 6.74. The van der Waals surface area contributed by atoms with Gasteiger partial charge in [0.1, 0.15) is 22.7 Å². The number of rotatable bonds is 2.